The van der Waals surface area contributed by atoms with Crippen molar-refractivity contribution >= 4 is 10.0 Å². The van der Waals surface area contributed by atoms with E-state index >= 15 is 0 Å². The highest BCUT2D eigenvalue weighted by atomic mass is 32.2. The zero-order valence-electron chi connectivity index (χ0n) is 11.0. The zero-order chi connectivity index (χ0) is 13.2. The third kappa shape index (κ3) is 3.11. The molecule has 1 fully saturated rings. The smallest absolute Gasteiger partial charge is 0.211 e. The molecule has 0 amide bonds. The highest BCUT2D eigenvalue weighted by Crippen LogP contribution is 2.20. The molecule has 1 aromatic rings. The van der Waals surface area contributed by atoms with Crippen molar-refractivity contribution in [2.45, 2.75) is 32.7 Å². The van der Waals surface area contributed by atoms with Gasteiger partial charge in [0.15, 0.2) is 0 Å². The van der Waals surface area contributed by atoms with Gasteiger partial charge in [0.25, 0.3) is 0 Å². The van der Waals surface area contributed by atoms with Crippen molar-refractivity contribution in [2.75, 3.05) is 19.3 Å². The van der Waals surface area contributed by atoms with E-state index < -0.39 is 10.0 Å². The first-order chi connectivity index (χ1) is 8.50. The summed E-state index contributed by atoms with van der Waals surface area (Å²) in [6, 6.07) is 0. The minimum absolute atomic E-state index is 0.396. The van der Waals surface area contributed by atoms with Crippen LogP contribution in [0.3, 0.4) is 0 Å². The monoisotopic (exact) mass is 271 g/mol. The number of aryl methyl sites for hydroxylation is 1. The first-order valence-electron chi connectivity index (χ1n) is 6.46. The Hall–Kier alpha value is -0.880. The standard InChI is InChI=1S/C12H21N3O2S/c1-3-12-13-6-8-14(12)9-11-5-4-7-15(10-11)18(2,16)17/h6,8,11H,3-5,7,9-10H2,1-2H3. The van der Waals surface area contributed by atoms with Crippen LogP contribution in [0, 0.1) is 5.92 Å². The number of aromatic nitrogens is 2. The normalized spacial score (nSPS) is 22.2. The predicted molar refractivity (Wildman–Crippen MR) is 70.7 cm³/mol. The molecule has 0 spiro atoms. The molecule has 0 saturated carbocycles. The van der Waals surface area contributed by atoms with E-state index in [1.54, 1.807) is 4.31 Å². The van der Waals surface area contributed by atoms with E-state index in [9.17, 15) is 8.42 Å². The van der Waals surface area contributed by atoms with Gasteiger partial charge in [0, 0.05) is 38.4 Å². The molecular formula is C12H21N3O2S. The largest absolute Gasteiger partial charge is 0.335 e. The van der Waals surface area contributed by atoms with E-state index in [2.05, 4.69) is 16.5 Å². The Morgan fingerprint density at radius 1 is 1.50 bits per heavy atom. The molecule has 1 saturated heterocycles. The third-order valence-electron chi connectivity index (χ3n) is 3.52. The molecule has 2 heterocycles. The van der Waals surface area contributed by atoms with Crippen LogP contribution in [0.5, 0.6) is 0 Å². The minimum Gasteiger partial charge on any atom is -0.335 e. The van der Waals surface area contributed by atoms with Gasteiger partial charge >= 0.3 is 0 Å². The molecule has 1 aliphatic rings. The summed E-state index contributed by atoms with van der Waals surface area (Å²) in [4.78, 5) is 4.30. The van der Waals surface area contributed by atoms with E-state index in [1.165, 1.54) is 6.26 Å². The molecule has 1 aromatic heterocycles. The maximum atomic E-state index is 11.6. The van der Waals surface area contributed by atoms with Gasteiger partial charge in [-0.1, -0.05) is 6.92 Å². The summed E-state index contributed by atoms with van der Waals surface area (Å²) in [5.74, 6) is 1.47. The van der Waals surface area contributed by atoms with E-state index in [4.69, 9.17) is 0 Å². The first kappa shape index (κ1) is 13.5. The topological polar surface area (TPSA) is 55.2 Å². The van der Waals surface area contributed by atoms with Crippen LogP contribution in [0.15, 0.2) is 12.4 Å². The molecule has 1 aliphatic heterocycles. The number of piperidine rings is 1. The molecule has 1 atom stereocenters. The van der Waals surface area contributed by atoms with Gasteiger partial charge in [-0.05, 0) is 18.8 Å². The molecule has 0 bridgehead atoms. The molecule has 6 heteroatoms. The lowest BCUT2D eigenvalue weighted by atomic mass is 9.99. The van der Waals surface area contributed by atoms with Gasteiger partial charge < -0.3 is 4.57 Å². The van der Waals surface area contributed by atoms with Crippen LogP contribution in [-0.2, 0) is 23.0 Å². The maximum absolute atomic E-state index is 11.6. The van der Waals surface area contributed by atoms with Gasteiger partial charge in [-0.25, -0.2) is 17.7 Å². The molecule has 0 N–H and O–H groups in total. The van der Waals surface area contributed by atoms with Crippen molar-refractivity contribution in [3.63, 3.8) is 0 Å². The van der Waals surface area contributed by atoms with Gasteiger partial charge in [0.1, 0.15) is 5.82 Å². The van der Waals surface area contributed by atoms with Crippen LogP contribution < -0.4 is 0 Å². The summed E-state index contributed by atoms with van der Waals surface area (Å²) in [7, 11) is -3.04. The Kier molecular flexibility index (Phi) is 4.07. The quantitative estimate of drug-likeness (QED) is 0.824. The van der Waals surface area contributed by atoms with Gasteiger partial charge in [-0.3, -0.25) is 0 Å². The third-order valence-corrected chi connectivity index (χ3v) is 4.79. The Bertz CT molecular complexity index is 495. The van der Waals surface area contributed by atoms with Crippen LogP contribution in [0.4, 0.5) is 0 Å². The SMILES string of the molecule is CCc1nccn1CC1CCCN(S(C)(=O)=O)C1. The number of nitrogens with zero attached hydrogens (tertiary/aromatic N) is 3. The molecule has 18 heavy (non-hydrogen) atoms. The minimum atomic E-state index is -3.04. The highest BCUT2D eigenvalue weighted by Gasteiger charge is 2.26. The van der Waals surface area contributed by atoms with Crippen molar-refractivity contribution in [1.29, 1.82) is 0 Å². The summed E-state index contributed by atoms with van der Waals surface area (Å²) < 4.78 is 26.9. The van der Waals surface area contributed by atoms with Crippen LogP contribution >= 0.6 is 0 Å². The van der Waals surface area contributed by atoms with Crippen LogP contribution in [0.25, 0.3) is 0 Å². The Morgan fingerprint density at radius 3 is 2.94 bits per heavy atom. The molecule has 0 radical (unpaired) electrons. The van der Waals surface area contributed by atoms with E-state index in [1.807, 2.05) is 12.4 Å². The van der Waals surface area contributed by atoms with Crippen LogP contribution in [0.2, 0.25) is 0 Å². The van der Waals surface area contributed by atoms with Gasteiger partial charge in [-0.2, -0.15) is 0 Å². The fourth-order valence-corrected chi connectivity index (χ4v) is 3.52. The van der Waals surface area contributed by atoms with E-state index in [-0.39, 0.29) is 0 Å². The lowest BCUT2D eigenvalue weighted by molar-refractivity contribution is 0.245. The number of sulfonamides is 1. The molecule has 102 valence electrons. The average molecular weight is 271 g/mol. The molecule has 1 unspecified atom stereocenters. The lowest BCUT2D eigenvalue weighted by Gasteiger charge is -2.31. The summed E-state index contributed by atoms with van der Waals surface area (Å²) in [6.07, 6.45) is 8.05. The van der Waals surface area contributed by atoms with Crippen molar-refractivity contribution in [2.24, 2.45) is 5.92 Å². The van der Waals surface area contributed by atoms with Gasteiger partial charge in [-0.15, -0.1) is 0 Å². The maximum Gasteiger partial charge on any atom is 0.211 e. The summed E-state index contributed by atoms with van der Waals surface area (Å²) >= 11 is 0. The molecule has 0 aromatic carbocycles. The highest BCUT2D eigenvalue weighted by molar-refractivity contribution is 7.88. The first-order valence-corrected chi connectivity index (χ1v) is 8.30. The zero-order valence-corrected chi connectivity index (χ0v) is 11.9. The second-order valence-electron chi connectivity index (χ2n) is 4.98. The van der Waals surface area contributed by atoms with Gasteiger partial charge in [0.05, 0.1) is 6.26 Å². The van der Waals surface area contributed by atoms with Gasteiger partial charge in [0.2, 0.25) is 10.0 Å². The number of hydrogen-bond donors (Lipinski definition) is 0. The number of imidazole rings is 1. The van der Waals surface area contributed by atoms with E-state index in [0.29, 0.717) is 19.0 Å². The predicted octanol–water partition coefficient (Wildman–Crippen LogP) is 1.12. The fourth-order valence-electron chi connectivity index (χ4n) is 2.58. The molecule has 2 rings (SSSR count). The van der Waals surface area contributed by atoms with E-state index in [0.717, 1.165) is 31.6 Å². The summed E-state index contributed by atoms with van der Waals surface area (Å²) in [5.41, 5.74) is 0. The lowest BCUT2D eigenvalue weighted by Crippen LogP contribution is -2.40. The Balaban J connectivity index is 2.02. The average Bonchev–Trinajstić information content (AvgIpc) is 2.75. The number of hydrogen-bond acceptors (Lipinski definition) is 3. The molecule has 5 nitrogen and oxygen atoms in total. The fraction of sp³-hybridized carbons (Fsp3) is 0.750. The Labute approximate surface area is 109 Å². The molecule has 0 aliphatic carbocycles. The van der Waals surface area contributed by atoms with Crippen LogP contribution in [0.1, 0.15) is 25.6 Å². The van der Waals surface area contributed by atoms with Crippen molar-refractivity contribution in [3.8, 4) is 0 Å². The van der Waals surface area contributed by atoms with Crippen molar-refractivity contribution < 1.29 is 8.42 Å². The molecular weight excluding hydrogens is 250 g/mol. The Morgan fingerprint density at radius 2 is 2.28 bits per heavy atom. The van der Waals surface area contributed by atoms with Crippen molar-refractivity contribution in [3.05, 3.63) is 18.2 Å². The second kappa shape index (κ2) is 5.40. The summed E-state index contributed by atoms with van der Waals surface area (Å²) in [5, 5.41) is 0. The number of rotatable bonds is 4. The van der Waals surface area contributed by atoms with Crippen LogP contribution in [-0.4, -0.2) is 41.6 Å². The second-order valence-corrected chi connectivity index (χ2v) is 6.96. The van der Waals surface area contributed by atoms with Crippen molar-refractivity contribution in [1.82, 2.24) is 13.9 Å². The summed E-state index contributed by atoms with van der Waals surface area (Å²) in [6.45, 7) is 4.26.